The number of ether oxygens (including phenoxy) is 2. The van der Waals surface area contributed by atoms with Crippen LogP contribution in [0, 0.1) is 0 Å². The molecule has 0 saturated carbocycles. The van der Waals surface area contributed by atoms with Crippen molar-refractivity contribution in [3.8, 4) is 11.5 Å². The van der Waals surface area contributed by atoms with Gasteiger partial charge >= 0.3 is 0 Å². The topological polar surface area (TPSA) is 47.6 Å². The van der Waals surface area contributed by atoms with Crippen molar-refractivity contribution in [1.82, 2.24) is 0 Å². The summed E-state index contributed by atoms with van der Waals surface area (Å²) in [6, 6.07) is 24.3. The van der Waals surface area contributed by atoms with Gasteiger partial charge in [0.1, 0.15) is 18.1 Å². The van der Waals surface area contributed by atoms with E-state index in [1.807, 2.05) is 73.7 Å². The number of carbonyl (C=O) groups is 1. The lowest BCUT2D eigenvalue weighted by Crippen LogP contribution is -2.13. The quantitative estimate of drug-likeness (QED) is 0.660. The van der Waals surface area contributed by atoms with Crippen LogP contribution in [0.15, 0.2) is 78.9 Å². The number of para-hydroxylation sites is 3. The standard InChI is InChI=1S/C22H21NO3/c1-2-25-20-14-8-6-10-17(20)16-26-21-15-9-7-13-19(21)22(24)23-18-11-4-3-5-12-18/h3-15H,2,16H2,1H3,(H,23,24). The zero-order chi connectivity index (χ0) is 18.2. The van der Waals surface area contributed by atoms with E-state index in [-0.39, 0.29) is 5.91 Å². The predicted molar refractivity (Wildman–Crippen MR) is 103 cm³/mol. The first-order valence-corrected chi connectivity index (χ1v) is 8.57. The molecule has 1 N–H and O–H groups in total. The number of nitrogens with one attached hydrogen (secondary N) is 1. The maximum absolute atomic E-state index is 12.6. The van der Waals surface area contributed by atoms with Crippen molar-refractivity contribution in [1.29, 1.82) is 0 Å². The molecule has 0 radical (unpaired) electrons. The minimum atomic E-state index is -0.204. The Morgan fingerprint density at radius 2 is 1.46 bits per heavy atom. The van der Waals surface area contributed by atoms with Crippen LogP contribution in [0.25, 0.3) is 0 Å². The number of hydrogen-bond donors (Lipinski definition) is 1. The van der Waals surface area contributed by atoms with Gasteiger partial charge in [-0.05, 0) is 37.3 Å². The first-order chi connectivity index (χ1) is 12.8. The molecule has 0 aliphatic rings. The molecule has 132 valence electrons. The third-order valence-electron chi connectivity index (χ3n) is 3.82. The Labute approximate surface area is 153 Å². The monoisotopic (exact) mass is 347 g/mol. The second-order valence-electron chi connectivity index (χ2n) is 5.65. The normalized spacial score (nSPS) is 10.2. The Hall–Kier alpha value is -3.27. The van der Waals surface area contributed by atoms with E-state index >= 15 is 0 Å². The maximum Gasteiger partial charge on any atom is 0.259 e. The van der Waals surface area contributed by atoms with Gasteiger partial charge < -0.3 is 14.8 Å². The minimum absolute atomic E-state index is 0.204. The van der Waals surface area contributed by atoms with Crippen molar-refractivity contribution >= 4 is 11.6 Å². The van der Waals surface area contributed by atoms with E-state index in [0.29, 0.717) is 24.5 Å². The summed E-state index contributed by atoms with van der Waals surface area (Å²) in [6.07, 6.45) is 0. The average Bonchev–Trinajstić information content (AvgIpc) is 2.68. The van der Waals surface area contributed by atoms with Gasteiger partial charge in [-0.15, -0.1) is 0 Å². The summed E-state index contributed by atoms with van der Waals surface area (Å²) in [4.78, 5) is 12.6. The van der Waals surface area contributed by atoms with Crippen molar-refractivity contribution in [2.75, 3.05) is 11.9 Å². The van der Waals surface area contributed by atoms with Crippen LogP contribution in [0.4, 0.5) is 5.69 Å². The van der Waals surface area contributed by atoms with Crippen LogP contribution < -0.4 is 14.8 Å². The van der Waals surface area contributed by atoms with Crippen molar-refractivity contribution in [2.24, 2.45) is 0 Å². The highest BCUT2D eigenvalue weighted by molar-refractivity contribution is 6.06. The number of anilines is 1. The first-order valence-electron chi connectivity index (χ1n) is 8.57. The highest BCUT2D eigenvalue weighted by Crippen LogP contribution is 2.24. The van der Waals surface area contributed by atoms with E-state index in [1.165, 1.54) is 0 Å². The zero-order valence-electron chi connectivity index (χ0n) is 14.6. The number of rotatable bonds is 7. The van der Waals surface area contributed by atoms with E-state index in [1.54, 1.807) is 12.1 Å². The van der Waals surface area contributed by atoms with Gasteiger partial charge in [0, 0.05) is 11.3 Å². The highest BCUT2D eigenvalue weighted by atomic mass is 16.5. The van der Waals surface area contributed by atoms with Gasteiger partial charge in [0.2, 0.25) is 0 Å². The van der Waals surface area contributed by atoms with E-state index in [4.69, 9.17) is 9.47 Å². The number of hydrogen-bond acceptors (Lipinski definition) is 3. The van der Waals surface area contributed by atoms with Gasteiger partial charge in [-0.25, -0.2) is 0 Å². The Morgan fingerprint density at radius 3 is 2.23 bits per heavy atom. The van der Waals surface area contributed by atoms with Gasteiger partial charge in [-0.2, -0.15) is 0 Å². The Balaban J connectivity index is 1.74. The van der Waals surface area contributed by atoms with Gasteiger partial charge in [-0.3, -0.25) is 4.79 Å². The fraction of sp³-hybridized carbons (Fsp3) is 0.136. The van der Waals surface area contributed by atoms with Crippen LogP contribution in [0.2, 0.25) is 0 Å². The summed E-state index contributed by atoms with van der Waals surface area (Å²) in [7, 11) is 0. The third-order valence-corrected chi connectivity index (χ3v) is 3.82. The Kier molecular flexibility index (Phi) is 5.88. The van der Waals surface area contributed by atoms with Crippen LogP contribution in [0.5, 0.6) is 11.5 Å². The van der Waals surface area contributed by atoms with Crippen LogP contribution in [0.3, 0.4) is 0 Å². The number of amides is 1. The lowest BCUT2D eigenvalue weighted by atomic mass is 10.1. The van der Waals surface area contributed by atoms with Gasteiger partial charge in [0.05, 0.1) is 12.2 Å². The third kappa shape index (κ3) is 4.42. The predicted octanol–water partition coefficient (Wildman–Crippen LogP) is 4.92. The van der Waals surface area contributed by atoms with Gasteiger partial charge in [0.25, 0.3) is 5.91 Å². The minimum Gasteiger partial charge on any atom is -0.493 e. The summed E-state index contributed by atoms with van der Waals surface area (Å²) in [5.74, 6) is 1.12. The summed E-state index contributed by atoms with van der Waals surface area (Å²) in [5, 5.41) is 2.88. The molecule has 0 bridgehead atoms. The molecule has 0 fully saturated rings. The second-order valence-corrected chi connectivity index (χ2v) is 5.65. The molecule has 0 aliphatic heterocycles. The smallest absolute Gasteiger partial charge is 0.259 e. The van der Waals surface area contributed by atoms with Crippen molar-refractivity contribution < 1.29 is 14.3 Å². The lowest BCUT2D eigenvalue weighted by molar-refractivity contribution is 0.102. The molecule has 4 nitrogen and oxygen atoms in total. The Bertz CT molecular complexity index is 862. The molecule has 0 atom stereocenters. The number of benzene rings is 3. The lowest BCUT2D eigenvalue weighted by Gasteiger charge is -2.14. The van der Waals surface area contributed by atoms with Crippen LogP contribution in [0.1, 0.15) is 22.8 Å². The van der Waals surface area contributed by atoms with E-state index in [9.17, 15) is 4.79 Å². The van der Waals surface area contributed by atoms with Crippen molar-refractivity contribution in [3.63, 3.8) is 0 Å². The largest absolute Gasteiger partial charge is 0.493 e. The van der Waals surface area contributed by atoms with Crippen molar-refractivity contribution in [3.05, 3.63) is 90.0 Å². The summed E-state index contributed by atoms with van der Waals surface area (Å²) in [6.45, 7) is 2.86. The molecule has 0 spiro atoms. The molecule has 3 rings (SSSR count). The molecule has 3 aromatic carbocycles. The number of carbonyl (C=O) groups excluding carboxylic acids is 1. The van der Waals surface area contributed by atoms with E-state index in [0.717, 1.165) is 17.0 Å². The summed E-state index contributed by atoms with van der Waals surface area (Å²) >= 11 is 0. The molecule has 4 heteroatoms. The molecule has 0 unspecified atom stereocenters. The summed E-state index contributed by atoms with van der Waals surface area (Å²) in [5.41, 5.74) is 2.17. The molecule has 26 heavy (non-hydrogen) atoms. The molecule has 0 heterocycles. The second kappa shape index (κ2) is 8.72. The molecular weight excluding hydrogens is 326 g/mol. The fourth-order valence-electron chi connectivity index (χ4n) is 2.57. The van der Waals surface area contributed by atoms with Gasteiger partial charge in [-0.1, -0.05) is 48.5 Å². The Morgan fingerprint density at radius 1 is 0.808 bits per heavy atom. The van der Waals surface area contributed by atoms with Crippen LogP contribution in [-0.4, -0.2) is 12.5 Å². The molecule has 1 amide bonds. The summed E-state index contributed by atoms with van der Waals surface area (Å²) < 4.78 is 11.6. The average molecular weight is 347 g/mol. The van der Waals surface area contributed by atoms with Crippen molar-refractivity contribution in [2.45, 2.75) is 13.5 Å². The molecule has 0 aromatic heterocycles. The highest BCUT2D eigenvalue weighted by Gasteiger charge is 2.13. The van der Waals surface area contributed by atoms with E-state index < -0.39 is 0 Å². The van der Waals surface area contributed by atoms with Crippen LogP contribution >= 0.6 is 0 Å². The maximum atomic E-state index is 12.6. The van der Waals surface area contributed by atoms with Crippen LogP contribution in [-0.2, 0) is 6.61 Å². The van der Waals surface area contributed by atoms with E-state index in [2.05, 4.69) is 5.32 Å². The molecule has 0 saturated heterocycles. The fourth-order valence-corrected chi connectivity index (χ4v) is 2.57. The van der Waals surface area contributed by atoms with Gasteiger partial charge in [0.15, 0.2) is 0 Å². The molecular formula is C22H21NO3. The SMILES string of the molecule is CCOc1ccccc1COc1ccccc1C(=O)Nc1ccccc1. The molecule has 3 aromatic rings. The zero-order valence-corrected chi connectivity index (χ0v) is 14.6. The molecule has 0 aliphatic carbocycles. The first kappa shape index (κ1) is 17.5.